The highest BCUT2D eigenvalue weighted by Crippen LogP contribution is 2.23. The van der Waals surface area contributed by atoms with Crippen LogP contribution >= 0.6 is 0 Å². The summed E-state index contributed by atoms with van der Waals surface area (Å²) in [4.78, 5) is 14.5. The molecule has 0 saturated carbocycles. The van der Waals surface area contributed by atoms with E-state index < -0.39 is 11.7 Å². The van der Waals surface area contributed by atoms with E-state index in [1.54, 1.807) is 46.1 Å². The summed E-state index contributed by atoms with van der Waals surface area (Å²) >= 11 is 0. The Morgan fingerprint density at radius 3 is 2.71 bits per heavy atom. The van der Waals surface area contributed by atoms with Crippen molar-refractivity contribution < 1.29 is 14.3 Å². The standard InChI is InChI=1S/C14H20N4O3/c1-14(2,3)21-13(19)17-12-6-5-11(20-4)9-10(12)7-8-16-18-15/h5-6,9H,7-8H2,1-4H3,(H,17,19). The number of hydrogen-bond acceptors (Lipinski definition) is 4. The number of ether oxygens (including phenoxy) is 2. The van der Waals surface area contributed by atoms with E-state index in [-0.39, 0.29) is 0 Å². The van der Waals surface area contributed by atoms with Crippen molar-refractivity contribution in [2.45, 2.75) is 32.8 Å². The molecule has 0 aliphatic carbocycles. The fourth-order valence-electron chi connectivity index (χ4n) is 1.65. The van der Waals surface area contributed by atoms with Crippen molar-refractivity contribution in [3.63, 3.8) is 0 Å². The predicted molar refractivity (Wildman–Crippen MR) is 80.6 cm³/mol. The molecule has 0 aliphatic rings. The molecular formula is C14H20N4O3. The predicted octanol–water partition coefficient (Wildman–Crippen LogP) is 3.90. The van der Waals surface area contributed by atoms with Gasteiger partial charge in [0.15, 0.2) is 0 Å². The number of azide groups is 1. The average molecular weight is 292 g/mol. The summed E-state index contributed by atoms with van der Waals surface area (Å²) in [7, 11) is 1.56. The number of nitrogens with one attached hydrogen (secondary N) is 1. The molecule has 114 valence electrons. The van der Waals surface area contributed by atoms with Gasteiger partial charge in [-0.25, -0.2) is 4.79 Å². The van der Waals surface area contributed by atoms with Crippen molar-refractivity contribution in [1.82, 2.24) is 0 Å². The van der Waals surface area contributed by atoms with Crippen LogP contribution in [0.4, 0.5) is 10.5 Å². The molecule has 1 aromatic rings. The number of anilines is 1. The number of hydrogen-bond donors (Lipinski definition) is 1. The van der Waals surface area contributed by atoms with E-state index in [4.69, 9.17) is 15.0 Å². The minimum Gasteiger partial charge on any atom is -0.497 e. The van der Waals surface area contributed by atoms with E-state index in [0.717, 1.165) is 5.56 Å². The summed E-state index contributed by atoms with van der Waals surface area (Å²) in [5, 5.41) is 6.19. The lowest BCUT2D eigenvalue weighted by molar-refractivity contribution is 0.0636. The van der Waals surface area contributed by atoms with Crippen molar-refractivity contribution in [2.24, 2.45) is 5.11 Å². The van der Waals surface area contributed by atoms with Gasteiger partial charge >= 0.3 is 6.09 Å². The van der Waals surface area contributed by atoms with Crippen LogP contribution in [-0.4, -0.2) is 25.3 Å². The summed E-state index contributed by atoms with van der Waals surface area (Å²) in [6.07, 6.45) is -0.0375. The first-order valence-electron chi connectivity index (χ1n) is 6.53. The van der Waals surface area contributed by atoms with Gasteiger partial charge in [0.2, 0.25) is 0 Å². The highest BCUT2D eigenvalue weighted by Gasteiger charge is 2.17. The lowest BCUT2D eigenvalue weighted by Gasteiger charge is -2.20. The molecule has 0 atom stereocenters. The van der Waals surface area contributed by atoms with E-state index in [0.29, 0.717) is 24.4 Å². The molecule has 1 aromatic carbocycles. The molecule has 0 heterocycles. The third-order valence-electron chi connectivity index (χ3n) is 2.49. The highest BCUT2D eigenvalue weighted by molar-refractivity contribution is 5.86. The van der Waals surface area contributed by atoms with Crippen LogP contribution in [0.1, 0.15) is 26.3 Å². The van der Waals surface area contributed by atoms with Gasteiger partial charge in [-0.05, 0) is 56.5 Å². The van der Waals surface area contributed by atoms with Crippen molar-refractivity contribution in [2.75, 3.05) is 19.0 Å². The van der Waals surface area contributed by atoms with Gasteiger partial charge in [-0.1, -0.05) is 5.11 Å². The van der Waals surface area contributed by atoms with Crippen molar-refractivity contribution in [1.29, 1.82) is 0 Å². The maximum absolute atomic E-state index is 11.8. The van der Waals surface area contributed by atoms with Crippen LogP contribution in [0, 0.1) is 0 Å². The zero-order valence-corrected chi connectivity index (χ0v) is 12.7. The summed E-state index contributed by atoms with van der Waals surface area (Å²) in [6.45, 7) is 5.68. The smallest absolute Gasteiger partial charge is 0.412 e. The van der Waals surface area contributed by atoms with Crippen LogP contribution in [0.5, 0.6) is 5.75 Å². The van der Waals surface area contributed by atoms with Crippen LogP contribution in [0.2, 0.25) is 0 Å². The van der Waals surface area contributed by atoms with Crippen LogP contribution < -0.4 is 10.1 Å². The molecular weight excluding hydrogens is 272 g/mol. The number of amides is 1. The van der Waals surface area contributed by atoms with Crippen molar-refractivity contribution in [3.05, 3.63) is 34.2 Å². The molecule has 1 amide bonds. The topological polar surface area (TPSA) is 96.3 Å². The second-order valence-corrected chi connectivity index (χ2v) is 5.35. The molecule has 0 radical (unpaired) electrons. The van der Waals surface area contributed by atoms with Gasteiger partial charge in [0.1, 0.15) is 11.4 Å². The lowest BCUT2D eigenvalue weighted by Crippen LogP contribution is -2.27. The van der Waals surface area contributed by atoms with Gasteiger partial charge in [-0.15, -0.1) is 0 Å². The third-order valence-corrected chi connectivity index (χ3v) is 2.49. The molecule has 0 fully saturated rings. The summed E-state index contributed by atoms with van der Waals surface area (Å²) in [5.74, 6) is 0.667. The third kappa shape index (κ3) is 6.05. The van der Waals surface area contributed by atoms with Crippen LogP contribution in [-0.2, 0) is 11.2 Å². The van der Waals surface area contributed by atoms with Gasteiger partial charge in [-0.3, -0.25) is 5.32 Å². The van der Waals surface area contributed by atoms with Gasteiger partial charge in [0.05, 0.1) is 7.11 Å². The summed E-state index contributed by atoms with van der Waals surface area (Å²) in [5.41, 5.74) is 9.19. The van der Waals surface area contributed by atoms with Gasteiger partial charge < -0.3 is 9.47 Å². The Balaban J connectivity index is 2.88. The highest BCUT2D eigenvalue weighted by atomic mass is 16.6. The average Bonchev–Trinajstić information content (AvgIpc) is 2.38. The lowest BCUT2D eigenvalue weighted by atomic mass is 10.1. The van der Waals surface area contributed by atoms with Crippen LogP contribution in [0.15, 0.2) is 23.3 Å². The molecule has 1 N–H and O–H groups in total. The number of carbonyl (C=O) groups excluding carboxylic acids is 1. The Bertz CT molecular complexity index is 546. The van der Waals surface area contributed by atoms with E-state index in [9.17, 15) is 4.79 Å². The zero-order valence-electron chi connectivity index (χ0n) is 12.7. The Hall–Kier alpha value is -2.40. The molecule has 7 nitrogen and oxygen atoms in total. The number of nitrogens with zero attached hydrogens (tertiary/aromatic N) is 3. The Morgan fingerprint density at radius 2 is 2.14 bits per heavy atom. The molecule has 0 bridgehead atoms. The minimum atomic E-state index is -0.568. The molecule has 7 heteroatoms. The Morgan fingerprint density at radius 1 is 1.43 bits per heavy atom. The first-order chi connectivity index (χ1) is 9.85. The van der Waals surface area contributed by atoms with Gasteiger partial charge in [0.25, 0.3) is 0 Å². The quantitative estimate of drug-likeness (QED) is 0.506. The van der Waals surface area contributed by atoms with Crippen LogP contribution in [0.25, 0.3) is 10.4 Å². The molecule has 21 heavy (non-hydrogen) atoms. The normalized spacial score (nSPS) is 10.5. The number of benzene rings is 1. The zero-order chi connectivity index (χ0) is 15.9. The Kier molecular flexibility index (Phi) is 5.87. The Labute approximate surface area is 123 Å². The molecule has 0 spiro atoms. The minimum absolute atomic E-state index is 0.298. The number of carbonyl (C=O) groups is 1. The van der Waals surface area contributed by atoms with E-state index in [2.05, 4.69) is 15.3 Å². The molecule has 0 aromatic heterocycles. The first kappa shape index (κ1) is 16.7. The van der Waals surface area contributed by atoms with Crippen LogP contribution in [0.3, 0.4) is 0 Å². The second kappa shape index (κ2) is 7.40. The maximum Gasteiger partial charge on any atom is 0.412 e. The molecule has 0 aliphatic heterocycles. The molecule has 0 saturated heterocycles. The maximum atomic E-state index is 11.8. The van der Waals surface area contributed by atoms with E-state index in [1.807, 2.05) is 0 Å². The molecule has 1 rings (SSSR count). The van der Waals surface area contributed by atoms with Gasteiger partial charge in [-0.2, -0.15) is 0 Å². The van der Waals surface area contributed by atoms with Crippen molar-refractivity contribution >= 4 is 11.8 Å². The number of rotatable bonds is 5. The fourth-order valence-corrected chi connectivity index (χ4v) is 1.65. The van der Waals surface area contributed by atoms with E-state index in [1.165, 1.54) is 0 Å². The summed E-state index contributed by atoms with van der Waals surface area (Å²) < 4.78 is 10.4. The van der Waals surface area contributed by atoms with Crippen molar-refractivity contribution in [3.8, 4) is 5.75 Å². The van der Waals surface area contributed by atoms with Gasteiger partial charge in [0, 0.05) is 17.1 Å². The summed E-state index contributed by atoms with van der Waals surface area (Å²) in [6, 6.07) is 5.26. The largest absolute Gasteiger partial charge is 0.497 e. The monoisotopic (exact) mass is 292 g/mol. The number of methoxy groups -OCH3 is 1. The fraction of sp³-hybridized carbons (Fsp3) is 0.500. The van der Waals surface area contributed by atoms with E-state index >= 15 is 0 Å². The SMILES string of the molecule is COc1ccc(NC(=O)OC(C)(C)C)c(CCN=[N+]=[N-])c1. The second-order valence-electron chi connectivity index (χ2n) is 5.35. The first-order valence-corrected chi connectivity index (χ1v) is 6.53. The molecule has 0 unspecified atom stereocenters.